The van der Waals surface area contributed by atoms with E-state index in [1.54, 1.807) is 11.8 Å². The van der Waals surface area contributed by atoms with E-state index < -0.39 is 6.17 Å². The molecule has 1 aliphatic rings. The smallest absolute Gasteiger partial charge is 0.110 e. The molecular formula is C12H16FNOS. The van der Waals surface area contributed by atoms with E-state index in [9.17, 15) is 4.39 Å². The standard InChI is InChI=1S/C12H16FNOS/c13-9-6-10(8-14)15-12(7-9)16-11-4-2-1-3-5-11/h1-5,9-10,12H,6-8,14H2. The van der Waals surface area contributed by atoms with Gasteiger partial charge in [0.05, 0.1) is 6.10 Å². The van der Waals surface area contributed by atoms with E-state index in [1.807, 2.05) is 30.3 Å². The second kappa shape index (κ2) is 5.66. The predicted octanol–water partition coefficient (Wildman–Crippen LogP) is 2.58. The zero-order chi connectivity index (χ0) is 11.4. The third kappa shape index (κ3) is 3.20. The summed E-state index contributed by atoms with van der Waals surface area (Å²) >= 11 is 1.57. The molecule has 0 amide bonds. The number of nitrogens with two attached hydrogens (primary N) is 1. The van der Waals surface area contributed by atoms with Crippen LogP contribution in [0.3, 0.4) is 0 Å². The maximum absolute atomic E-state index is 13.4. The average molecular weight is 241 g/mol. The number of alkyl halides is 1. The van der Waals surface area contributed by atoms with Crippen molar-refractivity contribution in [3.05, 3.63) is 30.3 Å². The Labute approximate surface area is 99.4 Å². The van der Waals surface area contributed by atoms with Crippen LogP contribution in [0.1, 0.15) is 12.8 Å². The van der Waals surface area contributed by atoms with Crippen molar-refractivity contribution >= 4 is 11.8 Å². The first kappa shape index (κ1) is 11.9. The molecule has 1 aliphatic heterocycles. The average Bonchev–Trinajstić information content (AvgIpc) is 2.29. The van der Waals surface area contributed by atoms with Crippen LogP contribution in [-0.4, -0.2) is 24.3 Å². The maximum atomic E-state index is 13.4. The summed E-state index contributed by atoms with van der Waals surface area (Å²) in [5.41, 5.74) is 5.41. The van der Waals surface area contributed by atoms with Gasteiger partial charge in [0, 0.05) is 24.3 Å². The molecule has 1 fully saturated rings. The quantitative estimate of drug-likeness (QED) is 0.883. The van der Waals surface area contributed by atoms with Crippen molar-refractivity contribution < 1.29 is 9.13 Å². The van der Waals surface area contributed by atoms with Gasteiger partial charge < -0.3 is 10.5 Å². The summed E-state index contributed by atoms with van der Waals surface area (Å²) in [6, 6.07) is 9.92. The Morgan fingerprint density at radius 3 is 2.75 bits per heavy atom. The zero-order valence-electron chi connectivity index (χ0n) is 9.01. The van der Waals surface area contributed by atoms with Crippen LogP contribution < -0.4 is 5.73 Å². The number of hydrogen-bond donors (Lipinski definition) is 1. The van der Waals surface area contributed by atoms with Crippen LogP contribution in [0.5, 0.6) is 0 Å². The fourth-order valence-corrected chi connectivity index (χ4v) is 2.93. The first-order valence-corrected chi connectivity index (χ1v) is 6.37. The third-order valence-electron chi connectivity index (χ3n) is 2.58. The van der Waals surface area contributed by atoms with Gasteiger partial charge >= 0.3 is 0 Å². The van der Waals surface area contributed by atoms with E-state index in [0.29, 0.717) is 19.4 Å². The van der Waals surface area contributed by atoms with Crippen LogP contribution >= 0.6 is 11.8 Å². The fraction of sp³-hybridized carbons (Fsp3) is 0.500. The molecule has 2 N–H and O–H groups in total. The van der Waals surface area contributed by atoms with Gasteiger partial charge in [0.15, 0.2) is 0 Å². The molecule has 3 unspecified atom stereocenters. The van der Waals surface area contributed by atoms with E-state index >= 15 is 0 Å². The first-order valence-electron chi connectivity index (χ1n) is 5.49. The lowest BCUT2D eigenvalue weighted by atomic mass is 10.1. The zero-order valence-corrected chi connectivity index (χ0v) is 9.83. The van der Waals surface area contributed by atoms with Crippen molar-refractivity contribution in [3.8, 4) is 0 Å². The Morgan fingerprint density at radius 1 is 1.31 bits per heavy atom. The number of thioether (sulfide) groups is 1. The van der Waals surface area contributed by atoms with Crippen molar-refractivity contribution in [2.24, 2.45) is 5.73 Å². The van der Waals surface area contributed by atoms with Gasteiger partial charge in [0.25, 0.3) is 0 Å². The Bertz CT molecular complexity index is 322. The summed E-state index contributed by atoms with van der Waals surface area (Å²) in [5.74, 6) is 0. The Hall–Kier alpha value is -0.580. The van der Waals surface area contributed by atoms with E-state index in [0.717, 1.165) is 4.90 Å². The van der Waals surface area contributed by atoms with Gasteiger partial charge in [-0.05, 0) is 12.1 Å². The van der Waals surface area contributed by atoms with Crippen LogP contribution in [0.15, 0.2) is 35.2 Å². The van der Waals surface area contributed by atoms with Crippen molar-refractivity contribution in [2.75, 3.05) is 6.54 Å². The molecule has 1 heterocycles. The predicted molar refractivity (Wildman–Crippen MR) is 64.1 cm³/mol. The van der Waals surface area contributed by atoms with Gasteiger partial charge in [-0.2, -0.15) is 0 Å². The van der Waals surface area contributed by atoms with Crippen molar-refractivity contribution in [1.29, 1.82) is 0 Å². The molecule has 3 atom stereocenters. The molecule has 1 aromatic rings. The van der Waals surface area contributed by atoms with E-state index in [1.165, 1.54) is 0 Å². The Balaban J connectivity index is 1.94. The SMILES string of the molecule is NCC1CC(F)CC(Sc2ccccc2)O1. The van der Waals surface area contributed by atoms with Crippen molar-refractivity contribution in [1.82, 2.24) is 0 Å². The van der Waals surface area contributed by atoms with Crippen LogP contribution in [-0.2, 0) is 4.74 Å². The molecule has 88 valence electrons. The summed E-state index contributed by atoms with van der Waals surface area (Å²) < 4.78 is 19.1. The minimum Gasteiger partial charge on any atom is -0.362 e. The van der Waals surface area contributed by atoms with Gasteiger partial charge in [0.1, 0.15) is 11.6 Å². The second-order valence-electron chi connectivity index (χ2n) is 3.92. The Kier molecular flexibility index (Phi) is 4.21. The third-order valence-corrected chi connectivity index (χ3v) is 3.70. The molecule has 1 saturated heterocycles. The van der Waals surface area contributed by atoms with Gasteiger partial charge in [-0.15, -0.1) is 0 Å². The molecule has 0 saturated carbocycles. The summed E-state index contributed by atoms with van der Waals surface area (Å²) in [6.45, 7) is 0.395. The molecule has 16 heavy (non-hydrogen) atoms. The monoisotopic (exact) mass is 241 g/mol. The lowest BCUT2D eigenvalue weighted by Gasteiger charge is -2.31. The molecule has 2 nitrogen and oxygen atoms in total. The lowest BCUT2D eigenvalue weighted by molar-refractivity contribution is -0.0303. The number of ether oxygens (including phenoxy) is 1. The van der Waals surface area contributed by atoms with Crippen molar-refractivity contribution in [2.45, 2.75) is 35.4 Å². The highest BCUT2D eigenvalue weighted by molar-refractivity contribution is 7.99. The molecule has 2 rings (SSSR count). The highest BCUT2D eigenvalue weighted by Crippen LogP contribution is 2.33. The Morgan fingerprint density at radius 2 is 2.06 bits per heavy atom. The first-order chi connectivity index (χ1) is 7.78. The van der Waals surface area contributed by atoms with Crippen molar-refractivity contribution in [3.63, 3.8) is 0 Å². The number of hydrogen-bond acceptors (Lipinski definition) is 3. The molecule has 0 radical (unpaired) electrons. The lowest BCUT2D eigenvalue weighted by Crippen LogP contribution is -2.36. The van der Waals surface area contributed by atoms with Crippen LogP contribution in [0, 0.1) is 0 Å². The number of benzene rings is 1. The normalized spacial score (nSPS) is 30.2. The molecule has 0 spiro atoms. The van der Waals surface area contributed by atoms with Crippen LogP contribution in [0.2, 0.25) is 0 Å². The van der Waals surface area contributed by atoms with Gasteiger partial charge in [0.2, 0.25) is 0 Å². The van der Waals surface area contributed by atoms with Crippen LogP contribution in [0.4, 0.5) is 4.39 Å². The van der Waals surface area contributed by atoms with E-state index in [-0.39, 0.29) is 11.5 Å². The minimum absolute atomic E-state index is 0.111. The minimum atomic E-state index is -0.788. The van der Waals surface area contributed by atoms with Gasteiger partial charge in [-0.1, -0.05) is 30.0 Å². The number of rotatable bonds is 3. The molecule has 0 bridgehead atoms. The van der Waals surface area contributed by atoms with Crippen LogP contribution in [0.25, 0.3) is 0 Å². The largest absolute Gasteiger partial charge is 0.362 e. The summed E-state index contributed by atoms with van der Waals surface area (Å²) in [5, 5.41) is 0. The van der Waals surface area contributed by atoms with Gasteiger partial charge in [-0.3, -0.25) is 0 Å². The summed E-state index contributed by atoms with van der Waals surface area (Å²) in [4.78, 5) is 1.11. The second-order valence-corrected chi connectivity index (χ2v) is 5.16. The fourth-order valence-electron chi connectivity index (χ4n) is 1.79. The van der Waals surface area contributed by atoms with Gasteiger partial charge in [-0.25, -0.2) is 4.39 Å². The highest BCUT2D eigenvalue weighted by Gasteiger charge is 2.29. The van der Waals surface area contributed by atoms with E-state index in [2.05, 4.69) is 0 Å². The molecule has 0 aliphatic carbocycles. The molecule has 4 heteroatoms. The number of halogens is 1. The molecule has 1 aromatic carbocycles. The maximum Gasteiger partial charge on any atom is 0.110 e. The molecular weight excluding hydrogens is 225 g/mol. The summed E-state index contributed by atoms with van der Waals surface area (Å²) in [7, 11) is 0. The molecule has 0 aromatic heterocycles. The topological polar surface area (TPSA) is 35.2 Å². The summed E-state index contributed by atoms with van der Waals surface area (Å²) in [6.07, 6.45) is -0.0354. The highest BCUT2D eigenvalue weighted by atomic mass is 32.2. The van der Waals surface area contributed by atoms with E-state index in [4.69, 9.17) is 10.5 Å².